The molecule has 0 unspecified atom stereocenters. The van der Waals surface area contributed by atoms with Crippen LogP contribution in [0.4, 0.5) is 5.82 Å². The number of rotatable bonds is 10. The number of amides is 1. The third-order valence-electron chi connectivity index (χ3n) is 5.40. The second-order valence-electron chi connectivity index (χ2n) is 8.43. The Kier molecular flexibility index (Phi) is 8.86. The molecule has 1 aromatic heterocycles. The van der Waals surface area contributed by atoms with Gasteiger partial charge < -0.3 is 15.1 Å². The molecule has 0 radical (unpaired) electrons. The predicted molar refractivity (Wildman–Crippen MR) is 137 cm³/mol. The van der Waals surface area contributed by atoms with Crippen molar-refractivity contribution in [1.82, 2.24) is 20.2 Å². The van der Waals surface area contributed by atoms with Crippen molar-refractivity contribution < 1.29 is 4.79 Å². The van der Waals surface area contributed by atoms with Crippen molar-refractivity contribution in [2.75, 3.05) is 39.1 Å². The van der Waals surface area contributed by atoms with Crippen molar-refractivity contribution in [2.45, 2.75) is 31.3 Å². The summed E-state index contributed by atoms with van der Waals surface area (Å²) in [7, 11) is 6.04. The number of hydrogen-bond acceptors (Lipinski definition) is 6. The number of thioether (sulfide) groups is 1. The summed E-state index contributed by atoms with van der Waals surface area (Å²) in [5, 5.41) is 3.71. The third kappa shape index (κ3) is 7.30. The molecule has 3 rings (SSSR count). The molecular weight excluding hydrogens is 430 g/mol. The monoisotopic (exact) mass is 463 g/mol. The van der Waals surface area contributed by atoms with E-state index in [1.807, 2.05) is 56.3 Å². The molecular formula is C26H33N5OS. The average Bonchev–Trinajstić information content (AvgIpc) is 2.80. The first kappa shape index (κ1) is 24.7. The Bertz CT molecular complexity index is 1050. The highest BCUT2D eigenvalue weighted by Crippen LogP contribution is 2.26. The molecule has 0 aliphatic rings. The highest BCUT2D eigenvalue weighted by molar-refractivity contribution is 7.98. The van der Waals surface area contributed by atoms with E-state index < -0.39 is 0 Å². The smallest absolute Gasteiger partial charge is 0.251 e. The highest BCUT2D eigenvalue weighted by atomic mass is 32.2. The normalized spacial score (nSPS) is 11.0. The van der Waals surface area contributed by atoms with E-state index in [0.717, 1.165) is 46.6 Å². The summed E-state index contributed by atoms with van der Waals surface area (Å²) in [4.78, 5) is 26.0. The molecule has 0 aliphatic heterocycles. The largest absolute Gasteiger partial charge is 0.355 e. The van der Waals surface area contributed by atoms with Crippen molar-refractivity contribution in [3.8, 4) is 0 Å². The number of hydrogen-bond donors (Lipinski definition) is 1. The molecule has 1 heterocycles. The van der Waals surface area contributed by atoms with Crippen LogP contribution in [0.25, 0.3) is 0 Å². The van der Waals surface area contributed by atoms with Crippen LogP contribution in [0.1, 0.15) is 32.7 Å². The van der Waals surface area contributed by atoms with Gasteiger partial charge in [0.15, 0.2) is 5.16 Å². The molecule has 6 nitrogen and oxygen atoms in total. The summed E-state index contributed by atoms with van der Waals surface area (Å²) in [5.41, 5.74) is 5.14. The first-order chi connectivity index (χ1) is 15.8. The van der Waals surface area contributed by atoms with Crippen molar-refractivity contribution in [1.29, 1.82) is 0 Å². The number of carbonyl (C=O) groups excluding carboxylic acids is 1. The molecule has 0 aliphatic carbocycles. The number of nitrogens with zero attached hydrogens (tertiary/aromatic N) is 4. The number of likely N-dealkylation sites (N-methyl/N-ethyl adjacent to an activating group) is 1. The number of aromatic nitrogens is 2. The van der Waals surface area contributed by atoms with Crippen molar-refractivity contribution >= 4 is 23.5 Å². The van der Waals surface area contributed by atoms with Crippen LogP contribution in [-0.4, -0.2) is 55.0 Å². The quantitative estimate of drug-likeness (QED) is 0.357. The van der Waals surface area contributed by atoms with E-state index in [1.54, 1.807) is 11.8 Å². The number of nitrogens with one attached hydrogen (secondary N) is 1. The van der Waals surface area contributed by atoms with E-state index in [2.05, 4.69) is 53.4 Å². The molecule has 7 heteroatoms. The molecule has 0 bridgehead atoms. The highest BCUT2D eigenvalue weighted by Gasteiger charge is 2.13. The summed E-state index contributed by atoms with van der Waals surface area (Å²) < 4.78 is 0. The Hall–Kier alpha value is -2.90. The minimum atomic E-state index is -0.0420. The minimum absolute atomic E-state index is 0.0420. The number of benzene rings is 2. The van der Waals surface area contributed by atoms with Crippen LogP contribution in [0.5, 0.6) is 0 Å². The van der Waals surface area contributed by atoms with Crippen LogP contribution < -0.4 is 10.2 Å². The van der Waals surface area contributed by atoms with E-state index in [-0.39, 0.29) is 5.91 Å². The molecule has 1 N–H and O–H groups in total. The summed E-state index contributed by atoms with van der Waals surface area (Å²) in [6, 6.07) is 18.1. The van der Waals surface area contributed by atoms with Gasteiger partial charge in [0, 0.05) is 49.3 Å². The molecule has 2 aromatic carbocycles. The fourth-order valence-electron chi connectivity index (χ4n) is 3.35. The van der Waals surface area contributed by atoms with Gasteiger partial charge in [-0.05, 0) is 51.2 Å². The fraction of sp³-hybridized carbons (Fsp3) is 0.346. The van der Waals surface area contributed by atoms with E-state index in [9.17, 15) is 4.79 Å². The van der Waals surface area contributed by atoms with Crippen molar-refractivity contribution in [2.24, 2.45) is 0 Å². The van der Waals surface area contributed by atoms with Gasteiger partial charge in [0.1, 0.15) is 5.82 Å². The van der Waals surface area contributed by atoms with Crippen molar-refractivity contribution in [3.63, 3.8) is 0 Å². The maximum atomic E-state index is 12.3. The lowest BCUT2D eigenvalue weighted by atomic mass is 10.1. The van der Waals surface area contributed by atoms with Gasteiger partial charge in [-0.2, -0.15) is 0 Å². The van der Waals surface area contributed by atoms with Crippen LogP contribution in [-0.2, 0) is 12.3 Å². The second kappa shape index (κ2) is 11.8. The van der Waals surface area contributed by atoms with Gasteiger partial charge in [-0.3, -0.25) is 4.79 Å². The van der Waals surface area contributed by atoms with Gasteiger partial charge in [0.2, 0.25) is 0 Å². The Balaban J connectivity index is 1.62. The molecule has 1 amide bonds. The fourth-order valence-corrected chi connectivity index (χ4v) is 4.19. The third-order valence-corrected chi connectivity index (χ3v) is 6.31. The number of aryl methyl sites for hydroxylation is 1. The molecule has 3 aromatic rings. The molecule has 0 spiro atoms. The summed E-state index contributed by atoms with van der Waals surface area (Å²) in [6.07, 6.45) is 0. The zero-order chi connectivity index (χ0) is 23.8. The van der Waals surface area contributed by atoms with Gasteiger partial charge in [0.05, 0.1) is 0 Å². The first-order valence-electron chi connectivity index (χ1n) is 11.1. The Morgan fingerprint density at radius 2 is 1.64 bits per heavy atom. The predicted octanol–water partition coefficient (Wildman–Crippen LogP) is 4.31. The maximum absolute atomic E-state index is 12.3. The molecule has 33 heavy (non-hydrogen) atoms. The van der Waals surface area contributed by atoms with Crippen LogP contribution in [0.15, 0.2) is 59.8 Å². The van der Waals surface area contributed by atoms with Crippen LogP contribution >= 0.6 is 11.8 Å². The van der Waals surface area contributed by atoms with Crippen LogP contribution in [0, 0.1) is 13.8 Å². The van der Waals surface area contributed by atoms with Gasteiger partial charge in [-0.15, -0.1) is 0 Å². The standard InChI is InChI=1S/C26H33N5OS/c1-19-20(2)28-26(29-24(19)31(5)17-21-9-7-6-8-10-21)33-18-22-11-13-23(14-12-22)25(32)27-15-16-30(3)4/h6-14H,15-18H2,1-5H3,(H,27,32). The molecule has 0 saturated heterocycles. The average molecular weight is 464 g/mol. The molecule has 174 valence electrons. The van der Waals surface area contributed by atoms with E-state index >= 15 is 0 Å². The second-order valence-corrected chi connectivity index (χ2v) is 9.37. The minimum Gasteiger partial charge on any atom is -0.355 e. The lowest BCUT2D eigenvalue weighted by Crippen LogP contribution is -2.31. The first-order valence-corrected chi connectivity index (χ1v) is 12.1. The molecule has 0 atom stereocenters. The maximum Gasteiger partial charge on any atom is 0.251 e. The summed E-state index contributed by atoms with van der Waals surface area (Å²) in [6.45, 7) is 6.35. The Morgan fingerprint density at radius 3 is 2.30 bits per heavy atom. The van der Waals surface area contributed by atoms with Gasteiger partial charge in [-0.1, -0.05) is 54.2 Å². The topological polar surface area (TPSA) is 61.4 Å². The number of carbonyl (C=O) groups is 1. The SMILES string of the molecule is Cc1nc(SCc2ccc(C(=O)NCCN(C)C)cc2)nc(N(C)Cc2ccccc2)c1C. The zero-order valence-corrected chi connectivity index (χ0v) is 20.9. The Labute approximate surface area is 201 Å². The Morgan fingerprint density at radius 1 is 0.939 bits per heavy atom. The van der Waals surface area contributed by atoms with Gasteiger partial charge in [0.25, 0.3) is 5.91 Å². The van der Waals surface area contributed by atoms with Gasteiger partial charge >= 0.3 is 0 Å². The lowest BCUT2D eigenvalue weighted by molar-refractivity contribution is 0.0951. The zero-order valence-electron chi connectivity index (χ0n) is 20.1. The van der Waals surface area contributed by atoms with Crippen LogP contribution in [0.3, 0.4) is 0 Å². The van der Waals surface area contributed by atoms with E-state index in [0.29, 0.717) is 12.1 Å². The van der Waals surface area contributed by atoms with Gasteiger partial charge in [-0.25, -0.2) is 9.97 Å². The molecule has 0 fully saturated rings. The summed E-state index contributed by atoms with van der Waals surface area (Å²) in [5.74, 6) is 1.66. The van der Waals surface area contributed by atoms with E-state index in [1.165, 1.54) is 5.56 Å². The number of anilines is 1. The van der Waals surface area contributed by atoms with Crippen LogP contribution in [0.2, 0.25) is 0 Å². The summed E-state index contributed by atoms with van der Waals surface area (Å²) >= 11 is 1.61. The lowest BCUT2D eigenvalue weighted by Gasteiger charge is -2.21. The van der Waals surface area contributed by atoms with Crippen molar-refractivity contribution in [3.05, 3.63) is 82.5 Å². The van der Waals surface area contributed by atoms with E-state index in [4.69, 9.17) is 4.98 Å². The molecule has 0 saturated carbocycles.